The zero-order chi connectivity index (χ0) is 23.8. The van der Waals surface area contributed by atoms with Crippen LogP contribution < -0.4 is 0 Å². The van der Waals surface area contributed by atoms with Gasteiger partial charge in [-0.1, -0.05) is 75.7 Å². The maximum atomic E-state index is 12.9. The maximum Gasteiger partial charge on any atom is 0.308 e. The molecule has 0 aliphatic rings. The van der Waals surface area contributed by atoms with Crippen molar-refractivity contribution in [2.75, 3.05) is 6.54 Å². The quantitative estimate of drug-likeness (QED) is 0.448. The van der Waals surface area contributed by atoms with E-state index in [-0.39, 0.29) is 18.4 Å². The number of aliphatic carboxylic acids is 1. The van der Waals surface area contributed by atoms with Crippen LogP contribution in [0.1, 0.15) is 45.6 Å². The number of rotatable bonds is 11. The van der Waals surface area contributed by atoms with E-state index in [2.05, 4.69) is 20.6 Å². The highest BCUT2D eigenvalue weighted by Crippen LogP contribution is 2.30. The van der Waals surface area contributed by atoms with Gasteiger partial charge in [0, 0.05) is 25.1 Å². The molecule has 0 fully saturated rings. The Morgan fingerprint density at radius 1 is 1.06 bits per heavy atom. The topological polar surface area (TPSA) is 112 Å². The number of H-pyrrole nitrogens is 1. The van der Waals surface area contributed by atoms with E-state index >= 15 is 0 Å². The molecule has 0 aliphatic carbocycles. The van der Waals surface area contributed by atoms with Crippen molar-refractivity contribution in [1.29, 1.82) is 0 Å². The lowest BCUT2D eigenvalue weighted by atomic mass is 9.94. The summed E-state index contributed by atoms with van der Waals surface area (Å²) in [6.45, 7) is 6.38. The smallest absolute Gasteiger partial charge is 0.308 e. The number of benzene rings is 2. The molecule has 174 valence electrons. The largest absolute Gasteiger partial charge is 0.481 e. The van der Waals surface area contributed by atoms with Gasteiger partial charge in [-0.05, 0) is 34.2 Å². The number of amides is 1. The van der Waals surface area contributed by atoms with Gasteiger partial charge in [0.1, 0.15) is 0 Å². The summed E-state index contributed by atoms with van der Waals surface area (Å²) in [5.41, 5.74) is 3.80. The van der Waals surface area contributed by atoms with E-state index in [9.17, 15) is 14.7 Å². The van der Waals surface area contributed by atoms with Gasteiger partial charge >= 0.3 is 5.97 Å². The molecule has 0 aliphatic heterocycles. The molecule has 0 spiro atoms. The molecule has 0 saturated carbocycles. The fourth-order valence-corrected chi connectivity index (χ4v) is 3.77. The van der Waals surface area contributed by atoms with Crippen molar-refractivity contribution < 1.29 is 14.7 Å². The number of tetrazole rings is 1. The molecular weight excluding hydrogens is 418 g/mol. The first-order valence-corrected chi connectivity index (χ1v) is 11.3. The molecule has 33 heavy (non-hydrogen) atoms. The fraction of sp³-hybridized carbons (Fsp3) is 0.400. The van der Waals surface area contributed by atoms with Crippen molar-refractivity contribution in [2.24, 2.45) is 11.8 Å². The van der Waals surface area contributed by atoms with Crippen molar-refractivity contribution in [2.45, 2.75) is 46.6 Å². The summed E-state index contributed by atoms with van der Waals surface area (Å²) in [6, 6.07) is 15.8. The van der Waals surface area contributed by atoms with Crippen molar-refractivity contribution in [3.8, 4) is 22.5 Å². The average Bonchev–Trinajstić information content (AvgIpc) is 3.35. The molecule has 1 atom stereocenters. The Morgan fingerprint density at radius 3 is 2.33 bits per heavy atom. The molecule has 0 radical (unpaired) electrons. The van der Waals surface area contributed by atoms with Crippen LogP contribution in [0.15, 0.2) is 48.5 Å². The number of hydrogen-bond donors (Lipinski definition) is 2. The van der Waals surface area contributed by atoms with Crippen LogP contribution in [0.2, 0.25) is 0 Å². The van der Waals surface area contributed by atoms with E-state index in [1.165, 1.54) is 0 Å². The van der Waals surface area contributed by atoms with Gasteiger partial charge in [-0.25, -0.2) is 0 Å². The summed E-state index contributed by atoms with van der Waals surface area (Å²) in [5.74, 6) is -1.01. The van der Waals surface area contributed by atoms with E-state index in [0.717, 1.165) is 35.1 Å². The molecule has 3 rings (SSSR count). The standard InChI is InChI=1S/C25H31N5O3/c1-4-5-10-23(31)30(16-22(17(2)3)25(32)33)15-18-11-13-19(14-12-18)20-8-6-7-9-21(20)24-26-28-29-27-24/h6-9,11-14,17,22H,4-5,10,15-16H2,1-3H3,(H,32,33)(H,26,27,28,29). The molecule has 2 aromatic carbocycles. The first-order valence-electron chi connectivity index (χ1n) is 11.3. The monoisotopic (exact) mass is 449 g/mol. The Balaban J connectivity index is 1.82. The van der Waals surface area contributed by atoms with Gasteiger partial charge in [-0.2, -0.15) is 5.21 Å². The number of carboxylic acids is 1. The predicted molar refractivity (Wildman–Crippen MR) is 126 cm³/mol. The van der Waals surface area contributed by atoms with Crippen LogP contribution in [0.4, 0.5) is 0 Å². The summed E-state index contributed by atoms with van der Waals surface area (Å²) >= 11 is 0. The van der Waals surface area contributed by atoms with E-state index in [0.29, 0.717) is 18.8 Å². The molecule has 1 heterocycles. The highest BCUT2D eigenvalue weighted by molar-refractivity contribution is 5.80. The minimum Gasteiger partial charge on any atom is -0.481 e. The molecule has 1 amide bonds. The molecule has 8 heteroatoms. The van der Waals surface area contributed by atoms with Crippen molar-refractivity contribution in [3.63, 3.8) is 0 Å². The molecule has 3 aromatic rings. The third kappa shape index (κ3) is 6.25. The van der Waals surface area contributed by atoms with Crippen LogP contribution >= 0.6 is 0 Å². The molecule has 0 saturated heterocycles. The summed E-state index contributed by atoms with van der Waals surface area (Å²) in [5, 5.41) is 23.9. The number of hydrogen-bond acceptors (Lipinski definition) is 5. The number of carbonyl (C=O) groups excluding carboxylic acids is 1. The Bertz CT molecular complexity index is 1050. The highest BCUT2D eigenvalue weighted by Gasteiger charge is 2.26. The molecule has 0 bridgehead atoms. The van der Waals surface area contributed by atoms with E-state index in [1.807, 2.05) is 69.3 Å². The SMILES string of the molecule is CCCCC(=O)N(Cc1ccc(-c2ccccc2-c2nn[nH]n2)cc1)CC(C(=O)O)C(C)C. The van der Waals surface area contributed by atoms with Gasteiger partial charge in [-0.15, -0.1) is 10.2 Å². The third-order valence-electron chi connectivity index (χ3n) is 5.79. The first kappa shape index (κ1) is 24.1. The first-order chi connectivity index (χ1) is 15.9. The van der Waals surface area contributed by atoms with Gasteiger partial charge in [0.15, 0.2) is 0 Å². The van der Waals surface area contributed by atoms with E-state index < -0.39 is 11.9 Å². The number of aromatic amines is 1. The summed E-state index contributed by atoms with van der Waals surface area (Å²) in [4.78, 5) is 26.3. The fourth-order valence-electron chi connectivity index (χ4n) is 3.77. The zero-order valence-corrected chi connectivity index (χ0v) is 19.4. The van der Waals surface area contributed by atoms with Gasteiger partial charge < -0.3 is 10.0 Å². The number of carbonyl (C=O) groups is 2. The van der Waals surface area contributed by atoms with Gasteiger partial charge in [0.05, 0.1) is 5.92 Å². The van der Waals surface area contributed by atoms with Gasteiger partial charge in [0.2, 0.25) is 11.7 Å². The van der Waals surface area contributed by atoms with Crippen molar-refractivity contribution >= 4 is 11.9 Å². The predicted octanol–water partition coefficient (Wildman–Crippen LogP) is 4.41. The van der Waals surface area contributed by atoms with Gasteiger partial charge in [-0.3, -0.25) is 9.59 Å². The molecular formula is C25H31N5O3. The molecule has 2 N–H and O–H groups in total. The van der Waals surface area contributed by atoms with Crippen LogP contribution in [-0.2, 0) is 16.1 Å². The van der Waals surface area contributed by atoms with E-state index in [4.69, 9.17) is 0 Å². The highest BCUT2D eigenvalue weighted by atomic mass is 16.4. The summed E-state index contributed by atoms with van der Waals surface area (Å²) < 4.78 is 0. The van der Waals surface area contributed by atoms with Crippen molar-refractivity contribution in [1.82, 2.24) is 25.5 Å². The Labute approximate surface area is 194 Å². The minimum absolute atomic E-state index is 0.00437. The summed E-state index contributed by atoms with van der Waals surface area (Å²) in [7, 11) is 0. The van der Waals surface area contributed by atoms with Crippen LogP contribution in [0, 0.1) is 11.8 Å². The number of nitrogens with one attached hydrogen (secondary N) is 1. The second-order valence-corrected chi connectivity index (χ2v) is 8.54. The number of aromatic nitrogens is 4. The number of unbranched alkanes of at least 4 members (excludes halogenated alkanes) is 1. The zero-order valence-electron chi connectivity index (χ0n) is 19.4. The summed E-state index contributed by atoms with van der Waals surface area (Å²) in [6.07, 6.45) is 2.14. The number of nitrogens with zero attached hydrogens (tertiary/aromatic N) is 4. The Morgan fingerprint density at radius 2 is 1.76 bits per heavy atom. The minimum atomic E-state index is -0.869. The second-order valence-electron chi connectivity index (χ2n) is 8.54. The lowest BCUT2D eigenvalue weighted by Crippen LogP contribution is -2.39. The lowest BCUT2D eigenvalue weighted by molar-refractivity contribution is -0.145. The number of carboxylic acid groups (broad SMARTS) is 1. The Kier molecular flexibility index (Phi) is 8.29. The van der Waals surface area contributed by atoms with Crippen LogP contribution in [0.25, 0.3) is 22.5 Å². The third-order valence-corrected chi connectivity index (χ3v) is 5.79. The van der Waals surface area contributed by atoms with Crippen LogP contribution in [0.3, 0.4) is 0 Å². The molecule has 1 unspecified atom stereocenters. The van der Waals surface area contributed by atoms with Crippen LogP contribution in [0.5, 0.6) is 0 Å². The van der Waals surface area contributed by atoms with Gasteiger partial charge in [0.25, 0.3) is 0 Å². The van der Waals surface area contributed by atoms with E-state index in [1.54, 1.807) is 4.90 Å². The van der Waals surface area contributed by atoms with Crippen LogP contribution in [-0.4, -0.2) is 49.1 Å². The van der Waals surface area contributed by atoms with Crippen molar-refractivity contribution in [3.05, 3.63) is 54.1 Å². The average molecular weight is 450 g/mol. The molecule has 8 nitrogen and oxygen atoms in total. The molecule has 1 aromatic heterocycles. The second kappa shape index (κ2) is 11.4. The Hall–Kier alpha value is -3.55. The maximum absolute atomic E-state index is 12.9. The normalized spacial score (nSPS) is 12.0. The lowest BCUT2D eigenvalue weighted by Gasteiger charge is -2.28.